The molecule has 0 aliphatic carbocycles. The van der Waals surface area contributed by atoms with Gasteiger partial charge >= 0.3 is 0 Å². The molecule has 2 N–H and O–H groups in total. The van der Waals surface area contributed by atoms with Crippen molar-refractivity contribution < 1.29 is 0 Å². The van der Waals surface area contributed by atoms with Crippen molar-refractivity contribution in [1.82, 2.24) is 9.97 Å². The van der Waals surface area contributed by atoms with E-state index in [1.54, 1.807) is 0 Å². The Kier molecular flexibility index (Phi) is 2.23. The van der Waals surface area contributed by atoms with Crippen LogP contribution in [0.2, 0.25) is 0 Å². The summed E-state index contributed by atoms with van der Waals surface area (Å²) in [6.45, 7) is 2.08. The molecule has 0 unspecified atom stereocenters. The summed E-state index contributed by atoms with van der Waals surface area (Å²) >= 11 is 0. The number of anilines is 1. The molecule has 0 amide bonds. The second-order valence-corrected chi connectivity index (χ2v) is 3.26. The van der Waals surface area contributed by atoms with Crippen LogP contribution < -0.4 is 5.32 Å². The lowest BCUT2D eigenvalue weighted by molar-refractivity contribution is 1.26. The maximum absolute atomic E-state index is 4.17. The molecule has 0 radical (unpaired) electrons. The zero-order valence-corrected chi connectivity index (χ0v) is 8.33. The molecule has 0 saturated carbocycles. The first-order valence-corrected chi connectivity index (χ1v) is 4.59. The first-order chi connectivity index (χ1) is 6.79. The van der Waals surface area contributed by atoms with Gasteiger partial charge in [0.1, 0.15) is 0 Å². The van der Waals surface area contributed by atoms with E-state index in [9.17, 15) is 0 Å². The second-order valence-electron chi connectivity index (χ2n) is 3.26. The standard InChI is InChI=1S/C11H13N3/c1-8-3-5-9(6-4-8)10-7-13-11(12-2)14-10/h3-7H,1-2H3,(H2,12,13,14). The zero-order valence-electron chi connectivity index (χ0n) is 8.33. The van der Waals surface area contributed by atoms with Crippen molar-refractivity contribution in [3.63, 3.8) is 0 Å². The molecule has 3 heteroatoms. The highest BCUT2D eigenvalue weighted by Crippen LogP contribution is 2.18. The van der Waals surface area contributed by atoms with Crippen molar-refractivity contribution in [3.8, 4) is 11.3 Å². The summed E-state index contributed by atoms with van der Waals surface area (Å²) < 4.78 is 0. The molecule has 2 aromatic rings. The van der Waals surface area contributed by atoms with E-state index in [2.05, 4.69) is 46.5 Å². The quantitative estimate of drug-likeness (QED) is 0.758. The van der Waals surface area contributed by atoms with Gasteiger partial charge in [-0.15, -0.1) is 0 Å². The number of hydrogen-bond acceptors (Lipinski definition) is 2. The van der Waals surface area contributed by atoms with Gasteiger partial charge in [0, 0.05) is 7.05 Å². The highest BCUT2D eigenvalue weighted by molar-refractivity contribution is 5.60. The molecule has 0 bridgehead atoms. The van der Waals surface area contributed by atoms with Gasteiger partial charge in [0.2, 0.25) is 0 Å². The van der Waals surface area contributed by atoms with Crippen LogP contribution in [0.4, 0.5) is 5.95 Å². The molecule has 0 saturated heterocycles. The summed E-state index contributed by atoms with van der Waals surface area (Å²) in [5.41, 5.74) is 3.46. The van der Waals surface area contributed by atoms with E-state index in [1.807, 2.05) is 13.2 Å². The van der Waals surface area contributed by atoms with E-state index in [-0.39, 0.29) is 0 Å². The Morgan fingerprint density at radius 1 is 1.21 bits per heavy atom. The number of hydrogen-bond donors (Lipinski definition) is 2. The molecular formula is C11H13N3. The lowest BCUT2D eigenvalue weighted by atomic mass is 10.1. The average Bonchev–Trinajstić information content (AvgIpc) is 2.67. The molecule has 2 rings (SSSR count). The SMILES string of the molecule is CNc1ncc(-c2ccc(C)cc2)[nH]1. The van der Waals surface area contributed by atoms with Crippen LogP contribution in [0.15, 0.2) is 30.5 Å². The van der Waals surface area contributed by atoms with Gasteiger partial charge in [-0.25, -0.2) is 4.98 Å². The van der Waals surface area contributed by atoms with Crippen LogP contribution in [0.1, 0.15) is 5.56 Å². The first-order valence-electron chi connectivity index (χ1n) is 4.59. The Hall–Kier alpha value is -1.77. The minimum atomic E-state index is 0.792. The molecule has 14 heavy (non-hydrogen) atoms. The topological polar surface area (TPSA) is 40.7 Å². The monoisotopic (exact) mass is 187 g/mol. The lowest BCUT2D eigenvalue weighted by Crippen LogP contribution is -1.88. The van der Waals surface area contributed by atoms with Crippen molar-refractivity contribution in [2.45, 2.75) is 6.92 Å². The zero-order chi connectivity index (χ0) is 9.97. The minimum absolute atomic E-state index is 0.792. The van der Waals surface area contributed by atoms with Gasteiger partial charge in [-0.2, -0.15) is 0 Å². The predicted molar refractivity (Wildman–Crippen MR) is 58.3 cm³/mol. The van der Waals surface area contributed by atoms with E-state index < -0.39 is 0 Å². The Bertz CT molecular complexity index is 414. The highest BCUT2D eigenvalue weighted by Gasteiger charge is 2.00. The Morgan fingerprint density at radius 3 is 2.50 bits per heavy atom. The maximum atomic E-state index is 4.17. The first kappa shape index (κ1) is 8.81. The van der Waals surface area contributed by atoms with Gasteiger partial charge in [0.25, 0.3) is 0 Å². The van der Waals surface area contributed by atoms with E-state index in [0.717, 1.165) is 17.2 Å². The van der Waals surface area contributed by atoms with Crippen molar-refractivity contribution in [2.75, 3.05) is 12.4 Å². The summed E-state index contributed by atoms with van der Waals surface area (Å²) in [5.74, 6) is 0.792. The van der Waals surface area contributed by atoms with E-state index in [4.69, 9.17) is 0 Å². The Labute approximate surface area is 83.2 Å². The van der Waals surface area contributed by atoms with Gasteiger partial charge in [-0.3, -0.25) is 0 Å². The number of nitrogens with one attached hydrogen (secondary N) is 2. The summed E-state index contributed by atoms with van der Waals surface area (Å²) in [7, 11) is 1.84. The minimum Gasteiger partial charge on any atom is -0.359 e. The fourth-order valence-corrected chi connectivity index (χ4v) is 1.33. The molecule has 1 heterocycles. The van der Waals surface area contributed by atoms with Gasteiger partial charge in [0.05, 0.1) is 11.9 Å². The van der Waals surface area contributed by atoms with E-state index in [0.29, 0.717) is 0 Å². The van der Waals surface area contributed by atoms with Crippen LogP contribution >= 0.6 is 0 Å². The summed E-state index contributed by atoms with van der Waals surface area (Å²) in [4.78, 5) is 7.34. The Morgan fingerprint density at radius 2 is 1.93 bits per heavy atom. The summed E-state index contributed by atoms with van der Waals surface area (Å²) in [5, 5.41) is 2.96. The number of aromatic amines is 1. The van der Waals surface area contributed by atoms with Crippen LogP contribution in [-0.2, 0) is 0 Å². The van der Waals surface area contributed by atoms with Crippen molar-refractivity contribution in [1.29, 1.82) is 0 Å². The summed E-state index contributed by atoms with van der Waals surface area (Å²) in [6.07, 6.45) is 1.83. The second kappa shape index (κ2) is 3.54. The highest BCUT2D eigenvalue weighted by atomic mass is 15.1. The van der Waals surface area contributed by atoms with Crippen molar-refractivity contribution >= 4 is 5.95 Å². The lowest BCUT2D eigenvalue weighted by Gasteiger charge is -1.97. The fraction of sp³-hybridized carbons (Fsp3) is 0.182. The smallest absolute Gasteiger partial charge is 0.200 e. The van der Waals surface area contributed by atoms with Gasteiger partial charge < -0.3 is 10.3 Å². The van der Waals surface area contributed by atoms with Crippen LogP contribution in [0.3, 0.4) is 0 Å². The molecule has 1 aromatic carbocycles. The molecule has 0 aliphatic rings. The Balaban J connectivity index is 2.34. The molecule has 72 valence electrons. The van der Waals surface area contributed by atoms with E-state index >= 15 is 0 Å². The van der Waals surface area contributed by atoms with Crippen LogP contribution in [-0.4, -0.2) is 17.0 Å². The van der Waals surface area contributed by atoms with Crippen molar-refractivity contribution in [2.24, 2.45) is 0 Å². The normalized spacial score (nSPS) is 10.1. The van der Waals surface area contributed by atoms with Gasteiger partial charge in [-0.05, 0) is 12.5 Å². The van der Waals surface area contributed by atoms with E-state index in [1.165, 1.54) is 5.56 Å². The molecule has 0 spiro atoms. The number of aromatic nitrogens is 2. The van der Waals surface area contributed by atoms with Crippen LogP contribution in [0.25, 0.3) is 11.3 Å². The number of nitrogens with zero attached hydrogens (tertiary/aromatic N) is 1. The average molecular weight is 187 g/mol. The van der Waals surface area contributed by atoms with Crippen LogP contribution in [0.5, 0.6) is 0 Å². The largest absolute Gasteiger partial charge is 0.359 e. The third kappa shape index (κ3) is 1.62. The van der Waals surface area contributed by atoms with Gasteiger partial charge in [0.15, 0.2) is 5.95 Å². The molecule has 0 fully saturated rings. The van der Waals surface area contributed by atoms with Crippen LogP contribution in [0, 0.1) is 6.92 Å². The third-order valence-corrected chi connectivity index (χ3v) is 2.18. The number of benzene rings is 1. The molecular weight excluding hydrogens is 174 g/mol. The van der Waals surface area contributed by atoms with Gasteiger partial charge in [-0.1, -0.05) is 29.8 Å². The summed E-state index contributed by atoms with van der Waals surface area (Å²) in [6, 6.07) is 8.36. The third-order valence-electron chi connectivity index (χ3n) is 2.18. The van der Waals surface area contributed by atoms with Crippen molar-refractivity contribution in [3.05, 3.63) is 36.0 Å². The molecule has 1 aromatic heterocycles. The number of rotatable bonds is 2. The molecule has 0 atom stereocenters. The fourth-order valence-electron chi connectivity index (χ4n) is 1.33. The number of H-pyrrole nitrogens is 1. The number of imidazole rings is 1. The predicted octanol–water partition coefficient (Wildman–Crippen LogP) is 2.43. The molecule has 0 aliphatic heterocycles. The number of aryl methyl sites for hydroxylation is 1. The molecule has 3 nitrogen and oxygen atoms in total. The maximum Gasteiger partial charge on any atom is 0.200 e.